The summed E-state index contributed by atoms with van der Waals surface area (Å²) in [6.07, 6.45) is 0. The quantitative estimate of drug-likeness (QED) is 0.136. The molecule has 0 aliphatic heterocycles. The molecule has 9 nitrogen and oxygen atoms in total. The van der Waals surface area contributed by atoms with Crippen LogP contribution in [0.25, 0.3) is 0 Å². The van der Waals surface area contributed by atoms with Crippen LogP contribution < -0.4 is 20.5 Å². The van der Waals surface area contributed by atoms with Crippen LogP contribution in [0.2, 0.25) is 0 Å². The lowest BCUT2D eigenvalue weighted by molar-refractivity contribution is -0.144. The van der Waals surface area contributed by atoms with Crippen LogP contribution in [0.15, 0.2) is 47.6 Å². The fourth-order valence-electron chi connectivity index (χ4n) is 2.81. The van der Waals surface area contributed by atoms with Gasteiger partial charge < -0.3 is 35.6 Å². The van der Waals surface area contributed by atoms with E-state index in [9.17, 15) is 9.90 Å². The Morgan fingerprint density at radius 3 is 2.34 bits per heavy atom. The maximum atomic E-state index is 12.7. The summed E-state index contributed by atoms with van der Waals surface area (Å²) < 4.78 is 16.7. The fourth-order valence-corrected chi connectivity index (χ4v) is 2.81. The number of hydrogen-bond donors (Lipinski definition) is 4. The fraction of sp³-hybridized carbons (Fsp3) is 0.391. The lowest BCUT2D eigenvalue weighted by Crippen LogP contribution is -2.28. The maximum Gasteiger partial charge on any atom is 0.333 e. The van der Waals surface area contributed by atoms with Crippen molar-refractivity contribution < 1.29 is 29.3 Å². The number of carbonyl (C=O) groups is 1. The molecular formula is C23H31N3O6. The number of nitrogens with zero attached hydrogens (tertiary/aromatic N) is 1. The van der Waals surface area contributed by atoms with Crippen molar-refractivity contribution in [3.63, 3.8) is 0 Å². The van der Waals surface area contributed by atoms with E-state index in [1.54, 1.807) is 63.2 Å². The summed E-state index contributed by atoms with van der Waals surface area (Å²) >= 11 is 0. The third-order valence-corrected chi connectivity index (χ3v) is 4.30. The number of amidine groups is 1. The molecule has 174 valence electrons. The normalized spacial score (nSPS) is 12.7. The van der Waals surface area contributed by atoms with Crippen molar-refractivity contribution >= 4 is 17.5 Å². The highest BCUT2D eigenvalue weighted by Gasteiger charge is 2.24. The van der Waals surface area contributed by atoms with Crippen molar-refractivity contribution in [1.82, 2.24) is 0 Å². The predicted octanol–water partition coefficient (Wildman–Crippen LogP) is 3.05. The van der Waals surface area contributed by atoms with Gasteiger partial charge in [0.2, 0.25) is 0 Å². The van der Waals surface area contributed by atoms with E-state index in [0.29, 0.717) is 34.9 Å². The molecule has 2 aromatic rings. The lowest BCUT2D eigenvalue weighted by atomic mass is 10.0. The van der Waals surface area contributed by atoms with Crippen LogP contribution in [-0.4, -0.2) is 47.5 Å². The Hall–Kier alpha value is -3.46. The number of anilines is 1. The number of nitrogens with two attached hydrogens (primary N) is 1. The third kappa shape index (κ3) is 7.05. The van der Waals surface area contributed by atoms with Gasteiger partial charge in [-0.05, 0) is 69.7 Å². The highest BCUT2D eigenvalue weighted by Crippen LogP contribution is 2.33. The van der Waals surface area contributed by atoms with Gasteiger partial charge in [-0.25, -0.2) is 4.79 Å². The SMILES string of the molecule is CCOC(=O)C(Nc1ccc(/C(N)=N/O)cc1)c1ccc(OCC(C)(C)O)c(OCC)c1. The molecule has 0 radical (unpaired) electrons. The lowest BCUT2D eigenvalue weighted by Gasteiger charge is -2.22. The smallest absolute Gasteiger partial charge is 0.333 e. The number of aliphatic hydroxyl groups is 1. The minimum absolute atomic E-state index is 0.0125. The summed E-state index contributed by atoms with van der Waals surface area (Å²) in [5.74, 6) is 0.443. The van der Waals surface area contributed by atoms with Gasteiger partial charge in [0.15, 0.2) is 23.4 Å². The molecule has 1 unspecified atom stereocenters. The van der Waals surface area contributed by atoms with E-state index in [-0.39, 0.29) is 19.0 Å². The number of rotatable bonds is 11. The highest BCUT2D eigenvalue weighted by molar-refractivity contribution is 5.97. The number of ether oxygens (including phenoxy) is 3. The largest absolute Gasteiger partial charge is 0.490 e. The van der Waals surface area contributed by atoms with Gasteiger partial charge in [0.1, 0.15) is 6.61 Å². The van der Waals surface area contributed by atoms with Crippen LogP contribution in [0.5, 0.6) is 11.5 Å². The second-order valence-electron chi connectivity index (χ2n) is 7.63. The van der Waals surface area contributed by atoms with Gasteiger partial charge in [-0.3, -0.25) is 0 Å². The second kappa shape index (κ2) is 11.2. The Morgan fingerprint density at radius 1 is 1.09 bits per heavy atom. The van der Waals surface area contributed by atoms with E-state index in [2.05, 4.69) is 10.5 Å². The number of hydrogen-bond acceptors (Lipinski definition) is 8. The van der Waals surface area contributed by atoms with Crippen molar-refractivity contribution in [2.75, 3.05) is 25.1 Å². The van der Waals surface area contributed by atoms with Gasteiger partial charge >= 0.3 is 5.97 Å². The summed E-state index contributed by atoms with van der Waals surface area (Å²) in [4.78, 5) is 12.7. The number of benzene rings is 2. The Labute approximate surface area is 187 Å². The first-order chi connectivity index (χ1) is 15.2. The standard InChI is InChI=1S/C23H31N3O6/c1-5-30-19-13-16(9-12-18(19)32-14-23(3,4)28)20(22(27)31-6-2)25-17-10-7-15(8-11-17)21(24)26-29/h7-13,20,25,28-29H,5-6,14H2,1-4H3,(H2,24,26). The Balaban J connectivity index is 2.35. The molecule has 0 bridgehead atoms. The summed E-state index contributed by atoms with van der Waals surface area (Å²) in [5, 5.41) is 24.9. The van der Waals surface area contributed by atoms with Gasteiger partial charge in [-0.1, -0.05) is 11.2 Å². The minimum Gasteiger partial charge on any atom is -0.490 e. The van der Waals surface area contributed by atoms with E-state index in [4.69, 9.17) is 25.2 Å². The average Bonchev–Trinajstić information content (AvgIpc) is 2.76. The number of oxime groups is 1. The average molecular weight is 446 g/mol. The molecule has 0 aliphatic carbocycles. The van der Waals surface area contributed by atoms with Crippen molar-refractivity contribution in [3.05, 3.63) is 53.6 Å². The molecule has 9 heteroatoms. The Bertz CT molecular complexity index is 922. The molecule has 0 saturated carbocycles. The highest BCUT2D eigenvalue weighted by atomic mass is 16.5. The van der Waals surface area contributed by atoms with Crippen LogP contribution in [0.4, 0.5) is 5.69 Å². The predicted molar refractivity (Wildman–Crippen MR) is 121 cm³/mol. The van der Waals surface area contributed by atoms with E-state index >= 15 is 0 Å². The molecule has 32 heavy (non-hydrogen) atoms. The van der Waals surface area contributed by atoms with Gasteiger partial charge in [-0.15, -0.1) is 0 Å². The van der Waals surface area contributed by atoms with Crippen molar-refractivity contribution in [2.24, 2.45) is 10.9 Å². The third-order valence-electron chi connectivity index (χ3n) is 4.30. The number of esters is 1. The molecule has 0 spiro atoms. The molecule has 0 heterocycles. The first kappa shape index (κ1) is 24.8. The molecule has 5 N–H and O–H groups in total. The van der Waals surface area contributed by atoms with Crippen molar-refractivity contribution in [1.29, 1.82) is 0 Å². The maximum absolute atomic E-state index is 12.7. The van der Waals surface area contributed by atoms with Crippen molar-refractivity contribution in [2.45, 2.75) is 39.3 Å². The first-order valence-corrected chi connectivity index (χ1v) is 10.3. The summed E-state index contributed by atoms with van der Waals surface area (Å²) in [6, 6.07) is 11.1. The van der Waals surface area contributed by atoms with Crippen molar-refractivity contribution in [3.8, 4) is 11.5 Å². The van der Waals surface area contributed by atoms with Crippen LogP contribution in [0, 0.1) is 0 Å². The zero-order valence-electron chi connectivity index (χ0n) is 18.8. The number of nitrogens with one attached hydrogen (secondary N) is 1. The second-order valence-corrected chi connectivity index (χ2v) is 7.63. The van der Waals surface area contributed by atoms with E-state index in [1.165, 1.54) is 0 Å². The zero-order chi connectivity index (χ0) is 23.7. The Kier molecular flexibility index (Phi) is 8.71. The molecule has 0 amide bonds. The van der Waals surface area contributed by atoms with E-state index in [1.807, 2.05) is 6.92 Å². The van der Waals surface area contributed by atoms with E-state index in [0.717, 1.165) is 0 Å². The molecule has 0 saturated heterocycles. The summed E-state index contributed by atoms with van der Waals surface area (Å²) in [5.41, 5.74) is 6.38. The zero-order valence-corrected chi connectivity index (χ0v) is 18.8. The molecular weight excluding hydrogens is 414 g/mol. The monoisotopic (exact) mass is 445 g/mol. The van der Waals surface area contributed by atoms with Crippen LogP contribution in [-0.2, 0) is 9.53 Å². The molecule has 0 aromatic heterocycles. The molecule has 2 aromatic carbocycles. The minimum atomic E-state index is -1.01. The van der Waals surface area contributed by atoms with Gasteiger partial charge in [0.25, 0.3) is 0 Å². The van der Waals surface area contributed by atoms with Gasteiger partial charge in [-0.2, -0.15) is 0 Å². The number of carbonyl (C=O) groups excluding carboxylic acids is 1. The van der Waals surface area contributed by atoms with Gasteiger partial charge in [0, 0.05) is 11.3 Å². The molecule has 1 atom stereocenters. The van der Waals surface area contributed by atoms with Crippen LogP contribution >= 0.6 is 0 Å². The van der Waals surface area contributed by atoms with Crippen LogP contribution in [0.3, 0.4) is 0 Å². The Morgan fingerprint density at radius 2 is 1.78 bits per heavy atom. The summed E-state index contributed by atoms with van der Waals surface area (Å²) in [7, 11) is 0. The molecule has 2 rings (SSSR count). The van der Waals surface area contributed by atoms with E-state index < -0.39 is 17.6 Å². The van der Waals surface area contributed by atoms with Crippen LogP contribution in [0.1, 0.15) is 44.9 Å². The summed E-state index contributed by atoms with van der Waals surface area (Å²) in [6.45, 7) is 7.58. The topological polar surface area (TPSA) is 136 Å². The first-order valence-electron chi connectivity index (χ1n) is 10.3. The molecule has 0 aliphatic rings. The van der Waals surface area contributed by atoms with Gasteiger partial charge in [0.05, 0.1) is 18.8 Å². The molecule has 0 fully saturated rings.